The number of nitrogens with two attached hydrogens (primary N) is 1. The fraction of sp³-hybridized carbons (Fsp3) is 0.889. The van der Waals surface area contributed by atoms with E-state index in [-0.39, 0.29) is 23.2 Å². The minimum absolute atomic E-state index is 0.0532. The fourth-order valence-electron chi connectivity index (χ4n) is 0.867. The summed E-state index contributed by atoms with van der Waals surface area (Å²) in [6.45, 7) is 9.48. The monoisotopic (exact) mass is 157 g/mol. The average molecular weight is 157 g/mol. The van der Waals surface area contributed by atoms with E-state index in [0.29, 0.717) is 0 Å². The summed E-state index contributed by atoms with van der Waals surface area (Å²) in [6, 6.07) is 0. The van der Waals surface area contributed by atoms with Crippen LogP contribution in [0.3, 0.4) is 0 Å². The zero-order valence-electron chi connectivity index (χ0n) is 8.14. The molecule has 0 radical (unpaired) electrons. The zero-order chi connectivity index (χ0) is 9.23. The Morgan fingerprint density at radius 3 is 1.73 bits per heavy atom. The molecule has 0 aliphatic rings. The van der Waals surface area contributed by atoms with E-state index in [1.54, 1.807) is 0 Å². The molecule has 0 bridgehead atoms. The van der Waals surface area contributed by atoms with E-state index in [2.05, 4.69) is 0 Å². The fourth-order valence-corrected chi connectivity index (χ4v) is 0.867. The lowest BCUT2D eigenvalue weighted by atomic mass is 9.83. The maximum atomic E-state index is 11.4. The molecular formula is C9H19NO. The highest BCUT2D eigenvalue weighted by Crippen LogP contribution is 2.17. The minimum atomic E-state index is -0.388. The van der Waals surface area contributed by atoms with Crippen molar-refractivity contribution >= 4 is 5.78 Å². The van der Waals surface area contributed by atoms with Gasteiger partial charge < -0.3 is 5.73 Å². The van der Waals surface area contributed by atoms with Crippen LogP contribution in [0.2, 0.25) is 0 Å². The molecule has 0 rings (SSSR count). The largest absolute Gasteiger partial charge is 0.325 e. The van der Waals surface area contributed by atoms with Gasteiger partial charge in [0.15, 0.2) is 0 Å². The van der Waals surface area contributed by atoms with E-state index in [4.69, 9.17) is 5.73 Å². The van der Waals surface area contributed by atoms with Crippen molar-refractivity contribution in [1.29, 1.82) is 0 Å². The second kappa shape index (κ2) is 3.35. The van der Waals surface area contributed by atoms with Crippen molar-refractivity contribution in [2.24, 2.45) is 17.6 Å². The first-order valence-electron chi connectivity index (χ1n) is 4.09. The van der Waals surface area contributed by atoms with E-state index in [1.807, 2.05) is 34.6 Å². The molecule has 0 aliphatic heterocycles. The number of hydrogen-bond donors (Lipinski definition) is 1. The zero-order valence-corrected chi connectivity index (χ0v) is 8.14. The van der Waals surface area contributed by atoms with Crippen LogP contribution in [-0.4, -0.2) is 11.3 Å². The van der Waals surface area contributed by atoms with Crippen LogP contribution in [-0.2, 0) is 4.79 Å². The molecular weight excluding hydrogens is 138 g/mol. The van der Waals surface area contributed by atoms with Crippen LogP contribution in [0.4, 0.5) is 0 Å². The molecule has 0 aromatic heterocycles. The highest BCUT2D eigenvalue weighted by molar-refractivity contribution is 5.83. The van der Waals surface area contributed by atoms with Gasteiger partial charge in [0.05, 0.1) is 0 Å². The van der Waals surface area contributed by atoms with E-state index in [0.717, 1.165) is 0 Å². The first-order valence-corrected chi connectivity index (χ1v) is 4.09. The summed E-state index contributed by atoms with van der Waals surface area (Å²) in [5, 5.41) is 0. The molecule has 0 aromatic carbocycles. The Kier molecular flexibility index (Phi) is 3.24. The first-order chi connectivity index (χ1) is 4.76. The van der Waals surface area contributed by atoms with Gasteiger partial charge in [-0.1, -0.05) is 20.8 Å². The summed E-state index contributed by atoms with van der Waals surface area (Å²) in [6.07, 6.45) is 0. The van der Waals surface area contributed by atoms with Crippen molar-refractivity contribution in [1.82, 2.24) is 0 Å². The van der Waals surface area contributed by atoms with Crippen LogP contribution in [0.15, 0.2) is 0 Å². The van der Waals surface area contributed by atoms with Gasteiger partial charge >= 0.3 is 0 Å². The first kappa shape index (κ1) is 10.6. The van der Waals surface area contributed by atoms with Crippen LogP contribution >= 0.6 is 0 Å². The maximum Gasteiger partial charge on any atom is 0.140 e. The lowest BCUT2D eigenvalue weighted by molar-refractivity contribution is -0.126. The summed E-state index contributed by atoms with van der Waals surface area (Å²) in [5.74, 6) is 0.285. The van der Waals surface area contributed by atoms with Gasteiger partial charge in [-0.15, -0.1) is 0 Å². The van der Waals surface area contributed by atoms with Crippen molar-refractivity contribution in [2.75, 3.05) is 0 Å². The predicted octanol–water partition coefficient (Wildman–Crippen LogP) is 1.58. The maximum absolute atomic E-state index is 11.4. The van der Waals surface area contributed by atoms with Gasteiger partial charge in [0.2, 0.25) is 0 Å². The Labute approximate surface area is 69.2 Å². The molecule has 0 amide bonds. The van der Waals surface area contributed by atoms with Gasteiger partial charge in [-0.25, -0.2) is 0 Å². The molecule has 0 heterocycles. The third kappa shape index (κ3) is 3.02. The van der Waals surface area contributed by atoms with Crippen LogP contribution < -0.4 is 5.73 Å². The molecule has 11 heavy (non-hydrogen) atoms. The van der Waals surface area contributed by atoms with E-state index < -0.39 is 0 Å². The summed E-state index contributed by atoms with van der Waals surface area (Å²) in [5.41, 5.74) is 5.41. The van der Waals surface area contributed by atoms with Gasteiger partial charge in [-0.3, -0.25) is 4.79 Å². The van der Waals surface area contributed by atoms with Gasteiger partial charge in [-0.2, -0.15) is 0 Å². The number of Topliss-reactive ketones (excluding diaryl/α,β-unsaturated/α-hetero) is 1. The summed E-state index contributed by atoms with van der Waals surface area (Å²) in [4.78, 5) is 11.4. The molecule has 2 nitrogen and oxygen atoms in total. The smallest absolute Gasteiger partial charge is 0.140 e. The van der Waals surface area contributed by atoms with E-state index >= 15 is 0 Å². The number of ketones is 1. The number of carbonyl (C=O) groups excluding carboxylic acids is 1. The highest BCUT2D eigenvalue weighted by Gasteiger charge is 2.28. The quantitative estimate of drug-likeness (QED) is 0.676. The molecule has 0 saturated heterocycles. The lowest BCUT2D eigenvalue weighted by Crippen LogP contribution is -2.44. The molecule has 1 unspecified atom stereocenters. The Morgan fingerprint density at radius 1 is 1.27 bits per heavy atom. The Balaban J connectivity index is 4.26. The molecule has 1 atom stereocenters. The Morgan fingerprint density at radius 2 is 1.64 bits per heavy atom. The predicted molar refractivity (Wildman–Crippen MR) is 47.3 cm³/mol. The standard InChI is InChI=1S/C9H19NO/c1-6(2)8(11)7(3)9(4,5)10/h6-7H,10H2,1-5H3. The third-order valence-corrected chi connectivity index (χ3v) is 2.11. The second-order valence-electron chi connectivity index (χ2n) is 4.10. The minimum Gasteiger partial charge on any atom is -0.325 e. The third-order valence-electron chi connectivity index (χ3n) is 2.11. The van der Waals surface area contributed by atoms with Crippen LogP contribution in [0.25, 0.3) is 0 Å². The van der Waals surface area contributed by atoms with Gasteiger partial charge in [0.25, 0.3) is 0 Å². The van der Waals surface area contributed by atoms with Crippen molar-refractivity contribution in [3.63, 3.8) is 0 Å². The van der Waals surface area contributed by atoms with Gasteiger partial charge in [0.1, 0.15) is 5.78 Å². The van der Waals surface area contributed by atoms with Crippen molar-refractivity contribution in [2.45, 2.75) is 40.2 Å². The molecule has 0 spiro atoms. The molecule has 2 heteroatoms. The number of hydrogen-bond acceptors (Lipinski definition) is 2. The van der Waals surface area contributed by atoms with Crippen molar-refractivity contribution in [3.8, 4) is 0 Å². The molecule has 0 fully saturated rings. The molecule has 0 aliphatic carbocycles. The van der Waals surface area contributed by atoms with E-state index in [1.165, 1.54) is 0 Å². The normalized spacial score (nSPS) is 15.2. The second-order valence-corrected chi connectivity index (χ2v) is 4.10. The molecule has 2 N–H and O–H groups in total. The number of rotatable bonds is 3. The van der Waals surface area contributed by atoms with Crippen molar-refractivity contribution in [3.05, 3.63) is 0 Å². The van der Waals surface area contributed by atoms with Crippen LogP contribution in [0.5, 0.6) is 0 Å². The molecule has 0 aromatic rings. The lowest BCUT2D eigenvalue weighted by Gasteiger charge is -2.27. The van der Waals surface area contributed by atoms with Crippen LogP contribution in [0.1, 0.15) is 34.6 Å². The molecule has 66 valence electrons. The summed E-state index contributed by atoms with van der Waals surface area (Å²) in [7, 11) is 0. The average Bonchev–Trinajstić information content (AvgIpc) is 1.82. The highest BCUT2D eigenvalue weighted by atomic mass is 16.1. The Bertz CT molecular complexity index is 144. The topological polar surface area (TPSA) is 43.1 Å². The van der Waals surface area contributed by atoms with Gasteiger partial charge in [-0.05, 0) is 13.8 Å². The van der Waals surface area contributed by atoms with Crippen LogP contribution in [0, 0.1) is 11.8 Å². The van der Waals surface area contributed by atoms with Crippen molar-refractivity contribution < 1.29 is 4.79 Å². The summed E-state index contributed by atoms with van der Waals surface area (Å²) < 4.78 is 0. The Hall–Kier alpha value is -0.370. The molecule has 0 saturated carbocycles. The van der Waals surface area contributed by atoms with Gasteiger partial charge in [0, 0.05) is 17.4 Å². The number of carbonyl (C=O) groups is 1. The SMILES string of the molecule is CC(C)C(=O)C(C)C(C)(C)N. The summed E-state index contributed by atoms with van der Waals surface area (Å²) >= 11 is 0. The van der Waals surface area contributed by atoms with E-state index in [9.17, 15) is 4.79 Å².